The first kappa shape index (κ1) is 18.6. The van der Waals surface area contributed by atoms with Crippen molar-refractivity contribution in [2.45, 2.75) is 32.6 Å². The zero-order valence-electron chi connectivity index (χ0n) is 14.5. The molecule has 1 aromatic carbocycles. The number of halogens is 3. The zero-order chi connectivity index (χ0) is 19.8. The Labute approximate surface area is 151 Å². The predicted octanol–water partition coefficient (Wildman–Crippen LogP) is 2.86. The van der Waals surface area contributed by atoms with E-state index in [1.54, 1.807) is 42.0 Å². The van der Waals surface area contributed by atoms with Gasteiger partial charge in [0.15, 0.2) is 5.78 Å². The molecule has 10 heteroatoms. The molecule has 0 spiro atoms. The molecule has 0 aliphatic heterocycles. The lowest BCUT2D eigenvalue weighted by Gasteiger charge is -2.14. The molecule has 0 aliphatic rings. The van der Waals surface area contributed by atoms with Gasteiger partial charge in [-0.25, -0.2) is 4.98 Å². The van der Waals surface area contributed by atoms with E-state index in [-0.39, 0.29) is 18.2 Å². The summed E-state index contributed by atoms with van der Waals surface area (Å²) in [6.07, 6.45) is -3.05. The van der Waals surface area contributed by atoms with Gasteiger partial charge in [0.1, 0.15) is 11.9 Å². The number of benzene rings is 1. The van der Waals surface area contributed by atoms with Crippen LogP contribution in [0.5, 0.6) is 0 Å². The fourth-order valence-corrected chi connectivity index (χ4v) is 2.75. The van der Waals surface area contributed by atoms with E-state index in [1.807, 2.05) is 0 Å². The van der Waals surface area contributed by atoms with Crippen molar-refractivity contribution in [3.8, 4) is 0 Å². The summed E-state index contributed by atoms with van der Waals surface area (Å²) in [5, 5.41) is 8.48. The maximum atomic E-state index is 12.5. The average molecular weight is 379 g/mol. The molecule has 0 radical (unpaired) electrons. The van der Waals surface area contributed by atoms with E-state index in [4.69, 9.17) is 0 Å². The molecule has 0 saturated heterocycles. The highest BCUT2D eigenvalue weighted by Crippen LogP contribution is 2.26. The number of Topliss-reactive ketones (excluding diaryl/α,β-unsaturated/α-hetero) is 1. The SMILES string of the molecule is CC(=O)c1cn([C@H](C)C(=O)NCc2nc(C(F)(F)F)n[nH]2)c2ccccc12. The van der Waals surface area contributed by atoms with Crippen LogP contribution in [0.2, 0.25) is 0 Å². The highest BCUT2D eigenvalue weighted by atomic mass is 19.4. The first-order valence-corrected chi connectivity index (χ1v) is 8.05. The highest BCUT2D eigenvalue weighted by Gasteiger charge is 2.36. The molecule has 3 aromatic rings. The van der Waals surface area contributed by atoms with Crippen molar-refractivity contribution in [2.24, 2.45) is 0 Å². The molecule has 1 amide bonds. The molecule has 27 heavy (non-hydrogen) atoms. The smallest absolute Gasteiger partial charge is 0.347 e. The Hall–Kier alpha value is -3.17. The minimum absolute atomic E-state index is 0.107. The number of hydrogen-bond acceptors (Lipinski definition) is 4. The van der Waals surface area contributed by atoms with Crippen LogP contribution >= 0.6 is 0 Å². The number of nitrogens with one attached hydrogen (secondary N) is 2. The second-order valence-corrected chi connectivity index (χ2v) is 6.02. The van der Waals surface area contributed by atoms with Crippen molar-refractivity contribution < 1.29 is 22.8 Å². The molecule has 0 saturated carbocycles. The number of fused-ring (bicyclic) bond motifs is 1. The van der Waals surface area contributed by atoms with Crippen LogP contribution in [-0.4, -0.2) is 31.4 Å². The number of aromatic nitrogens is 4. The molecule has 0 unspecified atom stereocenters. The van der Waals surface area contributed by atoms with Crippen LogP contribution in [0.3, 0.4) is 0 Å². The summed E-state index contributed by atoms with van der Waals surface area (Å²) >= 11 is 0. The molecule has 2 heterocycles. The summed E-state index contributed by atoms with van der Waals surface area (Å²) in [6, 6.07) is 6.48. The van der Waals surface area contributed by atoms with Gasteiger partial charge in [0.05, 0.1) is 6.54 Å². The van der Waals surface area contributed by atoms with Crippen LogP contribution in [0.25, 0.3) is 10.9 Å². The third-order valence-electron chi connectivity index (χ3n) is 4.13. The van der Waals surface area contributed by atoms with Gasteiger partial charge in [-0.3, -0.25) is 14.7 Å². The van der Waals surface area contributed by atoms with Gasteiger partial charge in [0.2, 0.25) is 5.91 Å². The molecular formula is C17H16F3N5O2. The van der Waals surface area contributed by atoms with E-state index in [0.29, 0.717) is 11.1 Å². The van der Waals surface area contributed by atoms with Gasteiger partial charge in [0.25, 0.3) is 5.82 Å². The van der Waals surface area contributed by atoms with Crippen LogP contribution in [0.4, 0.5) is 13.2 Å². The van der Waals surface area contributed by atoms with E-state index < -0.39 is 23.9 Å². The maximum Gasteiger partial charge on any atom is 0.453 e. The van der Waals surface area contributed by atoms with Gasteiger partial charge >= 0.3 is 6.18 Å². The molecule has 0 fully saturated rings. The van der Waals surface area contributed by atoms with E-state index >= 15 is 0 Å². The number of carbonyl (C=O) groups excluding carboxylic acids is 2. The number of nitrogens with zero attached hydrogens (tertiary/aromatic N) is 3. The van der Waals surface area contributed by atoms with Crippen LogP contribution in [0.1, 0.15) is 41.9 Å². The minimum atomic E-state index is -4.65. The molecule has 0 bridgehead atoms. The number of amides is 1. The molecule has 1 atom stereocenters. The summed E-state index contributed by atoms with van der Waals surface area (Å²) in [6.45, 7) is 2.84. The number of aromatic amines is 1. The van der Waals surface area contributed by atoms with E-state index in [1.165, 1.54) is 6.92 Å². The quantitative estimate of drug-likeness (QED) is 0.667. The standard InChI is InChI=1S/C17H16F3N5O2/c1-9(15(27)21-7-14-22-16(24-23-14)17(18,19)20)25-8-12(10(2)26)11-5-3-4-6-13(11)25/h3-6,8-9H,7H2,1-2H3,(H,21,27)(H,22,23,24)/t9-/m1/s1. The largest absolute Gasteiger partial charge is 0.453 e. The summed E-state index contributed by atoms with van der Waals surface area (Å²) in [7, 11) is 0. The van der Waals surface area contributed by atoms with E-state index in [2.05, 4.69) is 20.5 Å². The van der Waals surface area contributed by atoms with Gasteiger partial charge in [-0.2, -0.15) is 13.2 Å². The van der Waals surface area contributed by atoms with Crippen molar-refractivity contribution in [3.05, 3.63) is 47.7 Å². The fraction of sp³-hybridized carbons (Fsp3) is 0.294. The number of ketones is 1. The third kappa shape index (κ3) is 3.69. The lowest BCUT2D eigenvalue weighted by molar-refractivity contribution is -0.144. The zero-order valence-corrected chi connectivity index (χ0v) is 14.5. The van der Waals surface area contributed by atoms with Gasteiger partial charge in [0, 0.05) is 22.7 Å². The lowest BCUT2D eigenvalue weighted by Crippen LogP contribution is -2.30. The number of H-pyrrole nitrogens is 1. The number of para-hydroxylation sites is 1. The second kappa shape index (κ2) is 6.86. The Kier molecular flexibility index (Phi) is 4.73. The van der Waals surface area contributed by atoms with Gasteiger partial charge in [-0.15, -0.1) is 5.10 Å². The van der Waals surface area contributed by atoms with Crippen LogP contribution in [-0.2, 0) is 17.5 Å². The normalized spacial score (nSPS) is 12.9. The summed E-state index contributed by atoms with van der Waals surface area (Å²) in [5.74, 6) is -1.96. The van der Waals surface area contributed by atoms with Crippen LogP contribution in [0, 0.1) is 0 Å². The maximum absolute atomic E-state index is 12.5. The van der Waals surface area contributed by atoms with Crippen LogP contribution < -0.4 is 5.32 Å². The minimum Gasteiger partial charge on any atom is -0.347 e. The molecule has 0 aliphatic carbocycles. The molecule has 7 nitrogen and oxygen atoms in total. The highest BCUT2D eigenvalue weighted by molar-refractivity contribution is 6.07. The van der Waals surface area contributed by atoms with Gasteiger partial charge < -0.3 is 9.88 Å². The Morgan fingerprint density at radius 1 is 1.30 bits per heavy atom. The predicted molar refractivity (Wildman–Crippen MR) is 89.9 cm³/mol. The van der Waals surface area contributed by atoms with Crippen molar-refractivity contribution in [3.63, 3.8) is 0 Å². The van der Waals surface area contributed by atoms with E-state index in [0.717, 1.165) is 5.39 Å². The Morgan fingerprint density at radius 3 is 2.63 bits per heavy atom. The van der Waals surface area contributed by atoms with Gasteiger partial charge in [-0.05, 0) is 19.9 Å². The molecule has 2 N–H and O–H groups in total. The number of hydrogen-bond donors (Lipinski definition) is 2. The Morgan fingerprint density at radius 2 is 2.00 bits per heavy atom. The average Bonchev–Trinajstić information content (AvgIpc) is 3.23. The molecule has 3 rings (SSSR count). The second-order valence-electron chi connectivity index (χ2n) is 6.02. The van der Waals surface area contributed by atoms with E-state index in [9.17, 15) is 22.8 Å². The molecular weight excluding hydrogens is 363 g/mol. The summed E-state index contributed by atoms with van der Waals surface area (Å²) in [5.41, 5.74) is 1.21. The van der Waals surface area contributed by atoms with Crippen molar-refractivity contribution in [2.75, 3.05) is 0 Å². The van der Waals surface area contributed by atoms with Crippen molar-refractivity contribution in [1.82, 2.24) is 25.1 Å². The molecule has 142 valence electrons. The fourth-order valence-electron chi connectivity index (χ4n) is 2.75. The summed E-state index contributed by atoms with van der Waals surface area (Å²) in [4.78, 5) is 27.6. The first-order chi connectivity index (χ1) is 12.7. The topological polar surface area (TPSA) is 92.7 Å². The van der Waals surface area contributed by atoms with Crippen molar-refractivity contribution >= 4 is 22.6 Å². The monoisotopic (exact) mass is 379 g/mol. The summed E-state index contributed by atoms with van der Waals surface area (Å²) < 4.78 is 39.2. The Bertz CT molecular complexity index is 1010. The number of carbonyl (C=O) groups is 2. The Balaban J connectivity index is 1.77. The van der Waals surface area contributed by atoms with Crippen molar-refractivity contribution in [1.29, 1.82) is 0 Å². The van der Waals surface area contributed by atoms with Crippen LogP contribution in [0.15, 0.2) is 30.5 Å². The first-order valence-electron chi connectivity index (χ1n) is 8.05. The number of alkyl halides is 3. The van der Waals surface area contributed by atoms with Gasteiger partial charge in [-0.1, -0.05) is 18.2 Å². The lowest BCUT2D eigenvalue weighted by atomic mass is 10.1. The molecule has 2 aromatic heterocycles. The third-order valence-corrected chi connectivity index (χ3v) is 4.13. The number of rotatable bonds is 5.